The first-order valence-electron chi connectivity index (χ1n) is 3.94. The van der Waals surface area contributed by atoms with E-state index in [0.29, 0.717) is 0 Å². The van der Waals surface area contributed by atoms with Gasteiger partial charge in [-0.1, -0.05) is 5.16 Å². The third-order valence-electron chi connectivity index (χ3n) is 1.49. The molecule has 76 valence electrons. The molecule has 0 saturated carbocycles. The topological polar surface area (TPSA) is 89.6 Å². The molecule has 0 aliphatic rings. The minimum atomic E-state index is -0.730. The number of carbonyl (C=O) groups excluding carboxylic acids is 1. The van der Waals surface area contributed by atoms with Gasteiger partial charge in [-0.2, -0.15) is 5.10 Å². The summed E-state index contributed by atoms with van der Waals surface area (Å²) in [6, 6.07) is 0. The number of ether oxygens (including phenoxy) is 1. The number of carbonyl (C=O) groups is 1. The maximum absolute atomic E-state index is 11.2. The van der Waals surface area contributed by atoms with Crippen LogP contribution >= 0.6 is 0 Å². The highest BCUT2D eigenvalue weighted by Gasteiger charge is 2.20. The molecule has 1 aromatic heterocycles. The molecule has 0 aromatic carbocycles. The molecule has 0 saturated heterocycles. The van der Waals surface area contributed by atoms with Crippen molar-refractivity contribution in [3.8, 4) is 0 Å². The van der Waals surface area contributed by atoms with E-state index in [-0.39, 0.29) is 18.1 Å². The summed E-state index contributed by atoms with van der Waals surface area (Å²) in [5, 5.41) is 15.2. The molecule has 1 N–H and O–H groups in total. The van der Waals surface area contributed by atoms with Crippen LogP contribution in [0.4, 0.5) is 0 Å². The Kier molecular flexibility index (Phi) is 3.16. The number of hydrogen-bond acceptors (Lipinski definition) is 6. The number of esters is 1. The summed E-state index contributed by atoms with van der Waals surface area (Å²) in [4.78, 5) is 15.0. The van der Waals surface area contributed by atoms with Gasteiger partial charge >= 0.3 is 5.97 Å². The number of nitrogens with zero attached hydrogens (tertiary/aromatic N) is 4. The maximum atomic E-state index is 11.2. The van der Waals surface area contributed by atoms with Crippen LogP contribution in [0.1, 0.15) is 12.7 Å². The summed E-state index contributed by atoms with van der Waals surface area (Å²) in [7, 11) is 1.58. The fraction of sp³-hybridized carbons (Fsp3) is 0.429. The molecule has 0 spiro atoms. The van der Waals surface area contributed by atoms with E-state index in [1.165, 1.54) is 11.0 Å². The molecule has 0 bridgehead atoms. The van der Waals surface area contributed by atoms with Crippen molar-refractivity contribution >= 4 is 11.7 Å². The van der Waals surface area contributed by atoms with Crippen LogP contribution in [0.3, 0.4) is 0 Å². The summed E-state index contributed by atoms with van der Waals surface area (Å²) in [5.74, 6) is -0.572. The van der Waals surface area contributed by atoms with Gasteiger partial charge in [0.15, 0.2) is 5.82 Å². The molecule has 1 heterocycles. The summed E-state index contributed by atoms with van der Waals surface area (Å²) in [5.41, 5.74) is -0.258. The molecule has 7 heteroatoms. The quantitative estimate of drug-likeness (QED) is 0.307. The van der Waals surface area contributed by atoms with Crippen molar-refractivity contribution in [2.75, 3.05) is 6.61 Å². The van der Waals surface area contributed by atoms with E-state index in [2.05, 4.69) is 20.0 Å². The fourth-order valence-electron chi connectivity index (χ4n) is 0.887. The van der Waals surface area contributed by atoms with Crippen LogP contribution in [0, 0.1) is 0 Å². The summed E-state index contributed by atoms with van der Waals surface area (Å²) in [6.45, 7) is 1.86. The van der Waals surface area contributed by atoms with E-state index in [1.54, 1.807) is 14.0 Å². The van der Waals surface area contributed by atoms with Gasteiger partial charge in [-0.25, -0.2) is 14.5 Å². The van der Waals surface area contributed by atoms with Gasteiger partial charge in [0.1, 0.15) is 6.33 Å². The van der Waals surface area contributed by atoms with E-state index < -0.39 is 5.97 Å². The first kappa shape index (κ1) is 10.2. The van der Waals surface area contributed by atoms with Crippen LogP contribution in [0.15, 0.2) is 11.5 Å². The Labute approximate surface area is 80.0 Å². The van der Waals surface area contributed by atoms with Crippen molar-refractivity contribution in [1.29, 1.82) is 0 Å². The van der Waals surface area contributed by atoms with Crippen molar-refractivity contribution in [1.82, 2.24) is 14.8 Å². The van der Waals surface area contributed by atoms with Crippen molar-refractivity contribution in [2.45, 2.75) is 6.92 Å². The molecule has 0 aliphatic carbocycles. The zero-order chi connectivity index (χ0) is 10.6. The third kappa shape index (κ3) is 1.87. The van der Waals surface area contributed by atoms with Gasteiger partial charge in [-0.3, -0.25) is 0 Å². The summed E-state index contributed by atoms with van der Waals surface area (Å²) >= 11 is 0. The maximum Gasteiger partial charge on any atom is 0.364 e. The smallest absolute Gasteiger partial charge is 0.364 e. The van der Waals surface area contributed by atoms with E-state index in [1.807, 2.05) is 0 Å². The van der Waals surface area contributed by atoms with Gasteiger partial charge in [-0.05, 0) is 6.92 Å². The van der Waals surface area contributed by atoms with Crippen LogP contribution in [0.2, 0.25) is 0 Å². The second-order valence-corrected chi connectivity index (χ2v) is 2.38. The lowest BCUT2D eigenvalue weighted by atomic mass is 10.3. The predicted octanol–water partition coefficient (Wildman–Crippen LogP) is -0.444. The molecule has 0 aliphatic heterocycles. The average molecular weight is 198 g/mol. The first-order chi connectivity index (χ1) is 6.70. The van der Waals surface area contributed by atoms with Crippen LogP contribution in [0.5, 0.6) is 0 Å². The van der Waals surface area contributed by atoms with Gasteiger partial charge in [0.2, 0.25) is 5.71 Å². The highest BCUT2D eigenvalue weighted by molar-refractivity contribution is 6.42. The predicted molar refractivity (Wildman–Crippen MR) is 46.0 cm³/mol. The Morgan fingerprint density at radius 1 is 1.79 bits per heavy atom. The van der Waals surface area contributed by atoms with Crippen molar-refractivity contribution < 1.29 is 14.7 Å². The molecular weight excluding hydrogens is 188 g/mol. The van der Waals surface area contributed by atoms with Crippen molar-refractivity contribution in [3.05, 3.63) is 12.2 Å². The average Bonchev–Trinajstić information content (AvgIpc) is 2.54. The van der Waals surface area contributed by atoms with E-state index in [4.69, 9.17) is 5.21 Å². The third-order valence-corrected chi connectivity index (χ3v) is 1.49. The number of aryl methyl sites for hydroxylation is 1. The van der Waals surface area contributed by atoms with Crippen molar-refractivity contribution in [2.24, 2.45) is 12.2 Å². The second kappa shape index (κ2) is 4.35. The van der Waals surface area contributed by atoms with Gasteiger partial charge < -0.3 is 9.94 Å². The molecule has 1 rings (SSSR count). The number of rotatable bonds is 3. The second-order valence-electron chi connectivity index (χ2n) is 2.38. The van der Waals surface area contributed by atoms with Gasteiger partial charge in [0.05, 0.1) is 6.61 Å². The Balaban J connectivity index is 2.95. The molecule has 0 fully saturated rings. The normalized spacial score (nSPS) is 11.4. The highest BCUT2D eigenvalue weighted by Crippen LogP contribution is 1.97. The molecule has 0 unspecified atom stereocenters. The van der Waals surface area contributed by atoms with E-state index >= 15 is 0 Å². The standard InChI is InChI=1S/C7H10N4O3/c1-3-14-7(12)5(10-13)6-8-4-9-11(6)2/h4,13H,3H2,1-2H3/b10-5+. The largest absolute Gasteiger partial charge is 0.461 e. The Bertz CT molecular complexity index is 358. The van der Waals surface area contributed by atoms with E-state index in [0.717, 1.165) is 0 Å². The monoisotopic (exact) mass is 198 g/mol. The Hall–Kier alpha value is -1.92. The van der Waals surface area contributed by atoms with Crippen LogP contribution in [-0.4, -0.2) is 38.3 Å². The minimum absolute atomic E-state index is 0.158. The minimum Gasteiger partial charge on any atom is -0.461 e. The molecule has 0 amide bonds. The molecule has 14 heavy (non-hydrogen) atoms. The number of oxime groups is 1. The summed E-state index contributed by atoms with van der Waals surface area (Å²) < 4.78 is 5.97. The lowest BCUT2D eigenvalue weighted by molar-refractivity contribution is -0.135. The van der Waals surface area contributed by atoms with Crippen molar-refractivity contribution in [3.63, 3.8) is 0 Å². The fourth-order valence-corrected chi connectivity index (χ4v) is 0.887. The molecule has 0 radical (unpaired) electrons. The number of hydrogen-bond donors (Lipinski definition) is 1. The molecular formula is C7H10N4O3. The zero-order valence-electron chi connectivity index (χ0n) is 7.84. The zero-order valence-corrected chi connectivity index (χ0v) is 7.84. The Morgan fingerprint density at radius 2 is 2.50 bits per heavy atom. The summed E-state index contributed by atoms with van der Waals surface area (Å²) in [6.07, 6.45) is 1.25. The first-order valence-corrected chi connectivity index (χ1v) is 3.94. The SMILES string of the molecule is CCOC(=O)/C(=N/O)c1ncnn1C. The highest BCUT2D eigenvalue weighted by atomic mass is 16.5. The van der Waals surface area contributed by atoms with Crippen LogP contribution < -0.4 is 0 Å². The van der Waals surface area contributed by atoms with Crippen LogP contribution in [-0.2, 0) is 16.6 Å². The van der Waals surface area contributed by atoms with Gasteiger partial charge in [0.25, 0.3) is 0 Å². The van der Waals surface area contributed by atoms with Gasteiger partial charge in [0, 0.05) is 7.05 Å². The molecule has 0 atom stereocenters. The lowest BCUT2D eigenvalue weighted by Crippen LogP contribution is -2.22. The molecule has 1 aromatic rings. The van der Waals surface area contributed by atoms with Gasteiger partial charge in [-0.15, -0.1) is 0 Å². The van der Waals surface area contributed by atoms with E-state index in [9.17, 15) is 4.79 Å². The Morgan fingerprint density at radius 3 is 2.93 bits per heavy atom. The lowest BCUT2D eigenvalue weighted by Gasteiger charge is -2.02. The molecule has 7 nitrogen and oxygen atoms in total. The van der Waals surface area contributed by atoms with Crippen LogP contribution in [0.25, 0.3) is 0 Å². The number of aromatic nitrogens is 3.